The van der Waals surface area contributed by atoms with Gasteiger partial charge in [0.1, 0.15) is 11.5 Å². The van der Waals surface area contributed by atoms with Crippen molar-refractivity contribution in [1.82, 2.24) is 4.98 Å². The van der Waals surface area contributed by atoms with Gasteiger partial charge in [-0.15, -0.1) is 0 Å². The number of rotatable bonds is 2. The molecule has 1 atom stereocenters. The Labute approximate surface area is 112 Å². The Balaban J connectivity index is 2.16. The maximum Gasteiger partial charge on any atom is 0.106 e. The molecule has 0 saturated carbocycles. The summed E-state index contributed by atoms with van der Waals surface area (Å²) in [5.41, 5.74) is 8.52. The number of pyridine rings is 1. The molecule has 0 fully saturated rings. The van der Waals surface area contributed by atoms with Crippen molar-refractivity contribution in [3.8, 4) is 0 Å². The molecule has 0 saturated heterocycles. The third kappa shape index (κ3) is 2.02. The average molecular weight is 252 g/mol. The van der Waals surface area contributed by atoms with Crippen LogP contribution in [0.25, 0.3) is 10.8 Å². The van der Waals surface area contributed by atoms with Gasteiger partial charge < -0.3 is 10.2 Å². The van der Waals surface area contributed by atoms with E-state index in [0.29, 0.717) is 0 Å². The number of aryl methyl sites for hydroxylation is 2. The monoisotopic (exact) mass is 252 g/mol. The first kappa shape index (κ1) is 11.9. The van der Waals surface area contributed by atoms with E-state index in [9.17, 15) is 0 Å². The van der Waals surface area contributed by atoms with E-state index in [1.54, 1.807) is 6.20 Å². The minimum atomic E-state index is -0.189. The molecule has 3 rings (SSSR count). The Morgan fingerprint density at radius 2 is 2.00 bits per heavy atom. The summed E-state index contributed by atoms with van der Waals surface area (Å²) in [5, 5.41) is 2.25. The first-order valence-electron chi connectivity index (χ1n) is 6.32. The Hall–Kier alpha value is -2.13. The highest BCUT2D eigenvalue weighted by Gasteiger charge is 2.17. The second kappa shape index (κ2) is 4.52. The molecule has 19 heavy (non-hydrogen) atoms. The van der Waals surface area contributed by atoms with Crippen molar-refractivity contribution < 1.29 is 4.42 Å². The first-order valence-corrected chi connectivity index (χ1v) is 6.32. The quantitative estimate of drug-likeness (QED) is 0.759. The van der Waals surface area contributed by atoms with Crippen molar-refractivity contribution in [2.24, 2.45) is 5.73 Å². The van der Waals surface area contributed by atoms with Gasteiger partial charge in [0.2, 0.25) is 0 Å². The molecule has 0 amide bonds. The highest BCUT2D eigenvalue weighted by molar-refractivity contribution is 5.85. The number of hydrogen-bond acceptors (Lipinski definition) is 3. The molecule has 3 aromatic rings. The Morgan fingerprint density at radius 3 is 2.74 bits per heavy atom. The molecule has 96 valence electrons. The van der Waals surface area contributed by atoms with E-state index in [0.717, 1.165) is 33.4 Å². The average Bonchev–Trinajstić information content (AvgIpc) is 2.76. The minimum Gasteiger partial charge on any atom is -0.466 e. The van der Waals surface area contributed by atoms with Gasteiger partial charge in [0.15, 0.2) is 0 Å². The summed E-state index contributed by atoms with van der Waals surface area (Å²) in [6.45, 7) is 3.89. The zero-order chi connectivity index (χ0) is 13.4. The molecular weight excluding hydrogens is 236 g/mol. The highest BCUT2D eigenvalue weighted by Crippen LogP contribution is 2.29. The number of furan rings is 1. The van der Waals surface area contributed by atoms with Crippen LogP contribution in [0.15, 0.2) is 47.1 Å². The Kier molecular flexibility index (Phi) is 2.84. The van der Waals surface area contributed by atoms with Gasteiger partial charge >= 0.3 is 0 Å². The van der Waals surface area contributed by atoms with Gasteiger partial charge in [0.05, 0.1) is 6.04 Å². The SMILES string of the molecule is Cc1cc(C(N)c2cccc3ccncc23)c(C)o1. The molecule has 0 radical (unpaired) electrons. The summed E-state index contributed by atoms with van der Waals surface area (Å²) in [5.74, 6) is 1.77. The fraction of sp³-hybridized carbons (Fsp3) is 0.188. The van der Waals surface area contributed by atoms with Crippen LogP contribution in [-0.4, -0.2) is 4.98 Å². The fourth-order valence-corrected chi connectivity index (χ4v) is 2.53. The van der Waals surface area contributed by atoms with Crippen LogP contribution in [0.3, 0.4) is 0 Å². The predicted molar refractivity (Wildman–Crippen MR) is 76.0 cm³/mol. The second-order valence-corrected chi connectivity index (χ2v) is 4.79. The number of aromatic nitrogens is 1. The lowest BCUT2D eigenvalue weighted by Gasteiger charge is -2.13. The molecule has 3 heteroatoms. The van der Waals surface area contributed by atoms with Crippen molar-refractivity contribution in [3.63, 3.8) is 0 Å². The number of nitrogens with zero attached hydrogens (tertiary/aromatic N) is 1. The molecule has 2 aromatic heterocycles. The zero-order valence-electron chi connectivity index (χ0n) is 11.1. The molecule has 0 aliphatic carbocycles. The van der Waals surface area contributed by atoms with E-state index in [2.05, 4.69) is 17.1 Å². The first-order chi connectivity index (χ1) is 9.16. The van der Waals surface area contributed by atoms with Gasteiger partial charge in [0.25, 0.3) is 0 Å². The summed E-state index contributed by atoms with van der Waals surface area (Å²) in [4.78, 5) is 4.20. The van der Waals surface area contributed by atoms with E-state index >= 15 is 0 Å². The molecule has 0 spiro atoms. The van der Waals surface area contributed by atoms with E-state index in [1.807, 2.05) is 38.2 Å². The lowest BCUT2D eigenvalue weighted by atomic mass is 9.95. The molecule has 2 heterocycles. The normalized spacial score (nSPS) is 12.8. The third-order valence-electron chi connectivity index (χ3n) is 3.47. The topological polar surface area (TPSA) is 52.0 Å². The zero-order valence-corrected chi connectivity index (χ0v) is 11.1. The molecule has 1 aromatic carbocycles. The smallest absolute Gasteiger partial charge is 0.106 e. The molecular formula is C16H16N2O. The number of benzene rings is 1. The third-order valence-corrected chi connectivity index (χ3v) is 3.47. The summed E-state index contributed by atoms with van der Waals surface area (Å²) in [6.07, 6.45) is 3.66. The van der Waals surface area contributed by atoms with Crippen LogP contribution in [0, 0.1) is 13.8 Å². The molecule has 0 aliphatic heterocycles. The van der Waals surface area contributed by atoms with Crippen LogP contribution in [0.5, 0.6) is 0 Å². The summed E-state index contributed by atoms with van der Waals surface area (Å²) >= 11 is 0. The standard InChI is InChI=1S/C16H16N2O/c1-10-8-14(11(2)19-10)16(17)13-5-3-4-12-6-7-18-9-15(12)13/h3-9,16H,17H2,1-2H3. The minimum absolute atomic E-state index is 0.189. The number of hydrogen-bond donors (Lipinski definition) is 1. The molecule has 1 unspecified atom stereocenters. The van der Waals surface area contributed by atoms with Crippen LogP contribution in [0.1, 0.15) is 28.7 Å². The van der Waals surface area contributed by atoms with Crippen LogP contribution in [-0.2, 0) is 0 Å². The van der Waals surface area contributed by atoms with Gasteiger partial charge in [-0.25, -0.2) is 0 Å². The van der Waals surface area contributed by atoms with E-state index in [-0.39, 0.29) is 6.04 Å². The van der Waals surface area contributed by atoms with Crippen molar-refractivity contribution in [1.29, 1.82) is 0 Å². The lowest BCUT2D eigenvalue weighted by Crippen LogP contribution is -2.12. The molecule has 2 N–H and O–H groups in total. The van der Waals surface area contributed by atoms with E-state index in [4.69, 9.17) is 10.2 Å². The van der Waals surface area contributed by atoms with Crippen molar-refractivity contribution in [2.45, 2.75) is 19.9 Å². The van der Waals surface area contributed by atoms with Gasteiger partial charge in [-0.2, -0.15) is 0 Å². The van der Waals surface area contributed by atoms with Gasteiger partial charge in [0, 0.05) is 23.3 Å². The van der Waals surface area contributed by atoms with Gasteiger partial charge in [-0.3, -0.25) is 4.98 Å². The molecule has 3 nitrogen and oxygen atoms in total. The Bertz CT molecular complexity index is 725. The van der Waals surface area contributed by atoms with Crippen LogP contribution in [0.2, 0.25) is 0 Å². The summed E-state index contributed by atoms with van der Waals surface area (Å²) in [7, 11) is 0. The second-order valence-electron chi connectivity index (χ2n) is 4.79. The molecule has 0 bridgehead atoms. The number of nitrogens with two attached hydrogens (primary N) is 1. The maximum absolute atomic E-state index is 6.41. The van der Waals surface area contributed by atoms with E-state index in [1.165, 1.54) is 0 Å². The van der Waals surface area contributed by atoms with Crippen molar-refractivity contribution in [3.05, 3.63) is 65.4 Å². The largest absolute Gasteiger partial charge is 0.466 e. The van der Waals surface area contributed by atoms with Crippen molar-refractivity contribution >= 4 is 10.8 Å². The lowest BCUT2D eigenvalue weighted by molar-refractivity contribution is 0.500. The predicted octanol–water partition coefficient (Wildman–Crippen LogP) is 3.49. The van der Waals surface area contributed by atoms with Gasteiger partial charge in [-0.1, -0.05) is 18.2 Å². The van der Waals surface area contributed by atoms with Crippen LogP contribution in [0.4, 0.5) is 0 Å². The van der Waals surface area contributed by atoms with Crippen LogP contribution >= 0.6 is 0 Å². The van der Waals surface area contributed by atoms with Gasteiger partial charge in [-0.05, 0) is 36.9 Å². The fourth-order valence-electron chi connectivity index (χ4n) is 2.53. The van der Waals surface area contributed by atoms with Crippen LogP contribution < -0.4 is 5.73 Å². The Morgan fingerprint density at radius 1 is 1.16 bits per heavy atom. The summed E-state index contributed by atoms with van der Waals surface area (Å²) in [6, 6.07) is 9.97. The highest BCUT2D eigenvalue weighted by atomic mass is 16.3. The van der Waals surface area contributed by atoms with E-state index < -0.39 is 0 Å². The maximum atomic E-state index is 6.41. The summed E-state index contributed by atoms with van der Waals surface area (Å²) < 4.78 is 5.57. The van der Waals surface area contributed by atoms with Crippen molar-refractivity contribution in [2.75, 3.05) is 0 Å². The molecule has 0 aliphatic rings. The number of fused-ring (bicyclic) bond motifs is 1.